The normalized spacial score (nSPS) is 12.9. The molecule has 0 bridgehead atoms. The highest BCUT2D eigenvalue weighted by Crippen LogP contribution is 2.36. The number of rotatable bonds is 5. The van der Waals surface area contributed by atoms with Gasteiger partial charge in [0.2, 0.25) is 5.91 Å². The molecule has 10 nitrogen and oxygen atoms in total. The summed E-state index contributed by atoms with van der Waals surface area (Å²) >= 11 is 0. The van der Waals surface area contributed by atoms with E-state index in [4.69, 9.17) is 10.1 Å². The van der Waals surface area contributed by atoms with Crippen LogP contribution in [-0.4, -0.2) is 36.6 Å². The molecule has 0 saturated heterocycles. The van der Waals surface area contributed by atoms with Gasteiger partial charge in [0.25, 0.3) is 5.91 Å². The van der Waals surface area contributed by atoms with Crippen molar-refractivity contribution in [2.45, 2.75) is 46.2 Å². The van der Waals surface area contributed by atoms with Gasteiger partial charge >= 0.3 is 0 Å². The SMILES string of the molecule is CC(=O)Nc1cccc(NC(=O)c2nn3c(-c4cn[nH]c4)cc(N4Cc5ccccc5C4)nc3c2C(C)(C)C)c1. The number of hydrogen-bond donors (Lipinski definition) is 3. The standard InChI is InChI=1S/C30H30N8O2/c1-18(39)33-22-10-7-11-23(12-22)34-29(40)27-26(30(2,3)4)28-35-25(37-16-19-8-5-6-9-20(19)17-37)13-24(38(28)36-27)21-14-31-32-15-21/h5-15H,16-17H2,1-4H3,(H,31,32)(H,33,39)(H,34,40). The highest BCUT2D eigenvalue weighted by Gasteiger charge is 2.32. The molecule has 0 fully saturated rings. The first kappa shape index (κ1) is 25.3. The van der Waals surface area contributed by atoms with Crippen LogP contribution in [0.2, 0.25) is 0 Å². The zero-order valence-electron chi connectivity index (χ0n) is 22.8. The van der Waals surface area contributed by atoms with Crippen molar-refractivity contribution in [2.75, 3.05) is 15.5 Å². The monoisotopic (exact) mass is 534 g/mol. The van der Waals surface area contributed by atoms with E-state index >= 15 is 0 Å². The Bertz CT molecular complexity index is 1720. The predicted octanol–water partition coefficient (Wildman–Crippen LogP) is 5.15. The molecule has 202 valence electrons. The summed E-state index contributed by atoms with van der Waals surface area (Å²) in [5.74, 6) is 0.262. The van der Waals surface area contributed by atoms with Crippen molar-refractivity contribution < 1.29 is 9.59 Å². The molecule has 0 radical (unpaired) electrons. The quantitative estimate of drug-likeness (QED) is 0.287. The molecule has 0 spiro atoms. The lowest BCUT2D eigenvalue weighted by atomic mass is 9.86. The van der Waals surface area contributed by atoms with Crippen molar-refractivity contribution in [3.05, 3.63) is 89.4 Å². The summed E-state index contributed by atoms with van der Waals surface area (Å²) < 4.78 is 1.74. The summed E-state index contributed by atoms with van der Waals surface area (Å²) in [7, 11) is 0. The number of benzene rings is 2. The summed E-state index contributed by atoms with van der Waals surface area (Å²) in [6, 6.07) is 17.4. The zero-order chi connectivity index (χ0) is 28.0. The van der Waals surface area contributed by atoms with Gasteiger partial charge in [-0.3, -0.25) is 14.7 Å². The van der Waals surface area contributed by atoms with Gasteiger partial charge in [-0.15, -0.1) is 0 Å². The van der Waals surface area contributed by atoms with E-state index in [1.807, 2.05) is 12.3 Å². The number of carbonyl (C=O) groups is 2. The second-order valence-corrected chi connectivity index (χ2v) is 11.0. The fraction of sp³-hybridized carbons (Fsp3) is 0.233. The van der Waals surface area contributed by atoms with Crippen LogP contribution in [0.1, 0.15) is 54.9 Å². The van der Waals surface area contributed by atoms with Crippen molar-refractivity contribution >= 4 is 34.7 Å². The van der Waals surface area contributed by atoms with Gasteiger partial charge in [0, 0.05) is 54.8 Å². The Morgan fingerprint density at radius 3 is 2.27 bits per heavy atom. The molecule has 3 N–H and O–H groups in total. The van der Waals surface area contributed by atoms with Gasteiger partial charge in [0.05, 0.1) is 11.9 Å². The van der Waals surface area contributed by atoms with Crippen LogP contribution < -0.4 is 15.5 Å². The number of hydrogen-bond acceptors (Lipinski definition) is 6. The first-order chi connectivity index (χ1) is 19.2. The number of carbonyl (C=O) groups excluding carboxylic acids is 2. The van der Waals surface area contributed by atoms with Gasteiger partial charge in [-0.2, -0.15) is 10.2 Å². The fourth-order valence-electron chi connectivity index (χ4n) is 5.18. The molecule has 0 saturated carbocycles. The van der Waals surface area contributed by atoms with E-state index in [1.165, 1.54) is 18.1 Å². The molecule has 3 aromatic heterocycles. The number of amides is 2. The fourth-order valence-corrected chi connectivity index (χ4v) is 5.18. The highest BCUT2D eigenvalue weighted by atomic mass is 16.2. The summed E-state index contributed by atoms with van der Waals surface area (Å²) in [6.45, 7) is 9.10. The van der Waals surface area contributed by atoms with Crippen LogP contribution in [0.15, 0.2) is 67.0 Å². The lowest BCUT2D eigenvalue weighted by Gasteiger charge is -2.21. The van der Waals surface area contributed by atoms with E-state index in [2.05, 4.69) is 70.8 Å². The van der Waals surface area contributed by atoms with Crippen LogP contribution in [0.4, 0.5) is 17.2 Å². The number of aromatic amines is 1. The topological polar surface area (TPSA) is 120 Å². The van der Waals surface area contributed by atoms with E-state index in [-0.39, 0.29) is 17.5 Å². The minimum Gasteiger partial charge on any atom is -0.348 e. The summed E-state index contributed by atoms with van der Waals surface area (Å²) in [5, 5.41) is 17.6. The van der Waals surface area contributed by atoms with E-state index in [0.29, 0.717) is 17.0 Å². The molecule has 1 aliphatic heterocycles. The maximum atomic E-state index is 13.7. The van der Waals surface area contributed by atoms with Crippen molar-refractivity contribution in [1.29, 1.82) is 0 Å². The van der Waals surface area contributed by atoms with Crippen LogP contribution in [0.5, 0.6) is 0 Å². The van der Waals surface area contributed by atoms with Crippen LogP contribution in [0.3, 0.4) is 0 Å². The van der Waals surface area contributed by atoms with Crippen molar-refractivity contribution in [1.82, 2.24) is 24.8 Å². The molecule has 2 amide bonds. The van der Waals surface area contributed by atoms with Crippen LogP contribution in [-0.2, 0) is 23.3 Å². The second-order valence-electron chi connectivity index (χ2n) is 11.0. The summed E-state index contributed by atoms with van der Waals surface area (Å²) in [4.78, 5) is 32.6. The number of nitrogens with zero attached hydrogens (tertiary/aromatic N) is 5. The minimum atomic E-state index is -0.445. The molecule has 1 aliphatic rings. The third-order valence-corrected chi connectivity index (χ3v) is 6.94. The van der Waals surface area contributed by atoms with Gasteiger partial charge in [0.15, 0.2) is 11.3 Å². The van der Waals surface area contributed by atoms with E-state index in [0.717, 1.165) is 35.7 Å². The summed E-state index contributed by atoms with van der Waals surface area (Å²) in [5.41, 5.74) is 6.52. The molecule has 0 atom stereocenters. The molecule has 4 heterocycles. The maximum Gasteiger partial charge on any atom is 0.276 e. The van der Waals surface area contributed by atoms with Gasteiger partial charge in [-0.05, 0) is 34.7 Å². The average Bonchev–Trinajstić information content (AvgIpc) is 3.65. The molecule has 0 unspecified atom stereocenters. The highest BCUT2D eigenvalue weighted by molar-refractivity contribution is 6.05. The molecule has 40 heavy (non-hydrogen) atoms. The molecular formula is C30H30N8O2. The van der Waals surface area contributed by atoms with E-state index in [1.54, 1.807) is 35.0 Å². The number of aromatic nitrogens is 5. The second kappa shape index (κ2) is 9.64. The van der Waals surface area contributed by atoms with Gasteiger partial charge in [-0.1, -0.05) is 51.1 Å². The largest absolute Gasteiger partial charge is 0.348 e. The van der Waals surface area contributed by atoms with E-state index < -0.39 is 5.41 Å². The number of nitrogens with one attached hydrogen (secondary N) is 3. The number of anilines is 3. The van der Waals surface area contributed by atoms with Crippen LogP contribution in [0.25, 0.3) is 16.9 Å². The van der Waals surface area contributed by atoms with E-state index in [9.17, 15) is 9.59 Å². The average molecular weight is 535 g/mol. The maximum absolute atomic E-state index is 13.7. The molecule has 2 aromatic carbocycles. The summed E-state index contributed by atoms with van der Waals surface area (Å²) in [6.07, 6.45) is 3.55. The lowest BCUT2D eigenvalue weighted by molar-refractivity contribution is -0.114. The van der Waals surface area contributed by atoms with Crippen LogP contribution in [0, 0.1) is 0 Å². The van der Waals surface area contributed by atoms with Gasteiger partial charge in [0.1, 0.15) is 5.82 Å². The first-order valence-corrected chi connectivity index (χ1v) is 13.1. The molecule has 10 heteroatoms. The van der Waals surface area contributed by atoms with Crippen molar-refractivity contribution in [2.24, 2.45) is 0 Å². The molecular weight excluding hydrogens is 504 g/mol. The Balaban J connectivity index is 1.47. The van der Waals surface area contributed by atoms with Gasteiger partial charge < -0.3 is 15.5 Å². The predicted molar refractivity (Wildman–Crippen MR) is 154 cm³/mol. The first-order valence-electron chi connectivity index (χ1n) is 13.1. The zero-order valence-corrected chi connectivity index (χ0v) is 22.8. The third-order valence-electron chi connectivity index (χ3n) is 6.94. The minimum absolute atomic E-state index is 0.186. The lowest BCUT2D eigenvalue weighted by Crippen LogP contribution is -2.21. The molecule has 5 aromatic rings. The molecule has 0 aliphatic carbocycles. The van der Waals surface area contributed by atoms with Gasteiger partial charge in [-0.25, -0.2) is 9.50 Å². The van der Waals surface area contributed by atoms with Crippen molar-refractivity contribution in [3.8, 4) is 11.3 Å². The molecule has 6 rings (SSSR count). The van der Waals surface area contributed by atoms with Crippen molar-refractivity contribution in [3.63, 3.8) is 0 Å². The Morgan fingerprint density at radius 2 is 1.65 bits per heavy atom. The Kier molecular flexibility index (Phi) is 6.10. The van der Waals surface area contributed by atoms with Crippen LogP contribution >= 0.6 is 0 Å². The Morgan fingerprint density at radius 1 is 0.950 bits per heavy atom. The number of H-pyrrole nitrogens is 1. The Labute approximate surface area is 231 Å². The number of fused-ring (bicyclic) bond motifs is 2. The Hall–Kier alpha value is -4.99. The third kappa shape index (κ3) is 4.68. The smallest absolute Gasteiger partial charge is 0.276 e.